The van der Waals surface area contributed by atoms with Crippen molar-refractivity contribution in [3.8, 4) is 17.2 Å². The Bertz CT molecular complexity index is 738. The summed E-state index contributed by atoms with van der Waals surface area (Å²) in [4.78, 5) is 11.9. The van der Waals surface area contributed by atoms with Gasteiger partial charge in [-0.05, 0) is 55.8 Å². The predicted octanol–water partition coefficient (Wildman–Crippen LogP) is 4.75. The lowest BCUT2D eigenvalue weighted by molar-refractivity contribution is -0.128. The van der Waals surface area contributed by atoms with Crippen molar-refractivity contribution in [2.75, 3.05) is 7.11 Å². The minimum absolute atomic E-state index is 0.0490. The van der Waals surface area contributed by atoms with Crippen LogP contribution in [0.15, 0.2) is 48.5 Å². The molecule has 0 heterocycles. The van der Waals surface area contributed by atoms with E-state index in [-0.39, 0.29) is 6.10 Å². The number of hydrogen-bond acceptors (Lipinski definition) is 4. The van der Waals surface area contributed by atoms with Crippen LogP contribution in [-0.4, -0.2) is 19.2 Å². The Hall–Kier alpha value is -2.46. The molecule has 0 spiro atoms. The monoisotopic (exact) mass is 346 g/mol. The van der Waals surface area contributed by atoms with E-state index in [1.807, 2.05) is 19.9 Å². The van der Waals surface area contributed by atoms with Gasteiger partial charge < -0.3 is 14.2 Å². The van der Waals surface area contributed by atoms with Gasteiger partial charge in [-0.2, -0.15) is 0 Å². The van der Waals surface area contributed by atoms with Crippen LogP contribution in [0.1, 0.15) is 19.4 Å². The van der Waals surface area contributed by atoms with Crippen molar-refractivity contribution in [2.45, 2.75) is 20.0 Å². The molecule has 0 aliphatic heterocycles. The molecule has 0 aliphatic carbocycles. The van der Waals surface area contributed by atoms with Crippen LogP contribution in [0.5, 0.6) is 17.2 Å². The summed E-state index contributed by atoms with van der Waals surface area (Å²) in [6.07, 6.45) is 3.04. The number of esters is 1. The van der Waals surface area contributed by atoms with E-state index in [2.05, 4.69) is 0 Å². The van der Waals surface area contributed by atoms with Crippen LogP contribution in [0.3, 0.4) is 0 Å². The molecular formula is C19H19ClO4. The molecular weight excluding hydrogens is 328 g/mol. The first-order valence-electron chi connectivity index (χ1n) is 7.48. The van der Waals surface area contributed by atoms with Crippen LogP contribution in [0.2, 0.25) is 5.02 Å². The van der Waals surface area contributed by atoms with Crippen LogP contribution >= 0.6 is 11.6 Å². The van der Waals surface area contributed by atoms with E-state index in [1.165, 1.54) is 6.08 Å². The number of benzene rings is 2. The third-order valence-corrected chi connectivity index (χ3v) is 3.21. The Morgan fingerprint density at radius 3 is 2.58 bits per heavy atom. The van der Waals surface area contributed by atoms with Gasteiger partial charge in [-0.15, -0.1) is 0 Å². The highest BCUT2D eigenvalue weighted by Crippen LogP contribution is 2.29. The highest BCUT2D eigenvalue weighted by atomic mass is 35.5. The van der Waals surface area contributed by atoms with Gasteiger partial charge in [-0.25, -0.2) is 4.79 Å². The number of hydrogen-bond donors (Lipinski definition) is 0. The predicted molar refractivity (Wildman–Crippen MR) is 94.9 cm³/mol. The van der Waals surface area contributed by atoms with Crippen molar-refractivity contribution in [3.05, 3.63) is 59.1 Å². The highest BCUT2D eigenvalue weighted by Gasteiger charge is 2.07. The Morgan fingerprint density at radius 2 is 1.92 bits per heavy atom. The molecule has 0 amide bonds. The zero-order chi connectivity index (χ0) is 17.5. The van der Waals surface area contributed by atoms with E-state index >= 15 is 0 Å². The Kier molecular flexibility index (Phi) is 6.27. The van der Waals surface area contributed by atoms with Crippen LogP contribution in [0.4, 0.5) is 0 Å². The van der Waals surface area contributed by atoms with Gasteiger partial charge in [0.2, 0.25) is 0 Å². The van der Waals surface area contributed by atoms with E-state index in [0.29, 0.717) is 22.3 Å². The quantitative estimate of drug-likeness (QED) is 0.430. The molecule has 0 fully saturated rings. The minimum Gasteiger partial charge on any atom is -0.493 e. The number of halogens is 1. The molecule has 0 aliphatic rings. The van der Waals surface area contributed by atoms with Crippen LogP contribution < -0.4 is 14.2 Å². The van der Waals surface area contributed by atoms with Gasteiger partial charge in [0.15, 0.2) is 11.5 Å². The number of methoxy groups -OCH3 is 1. The second-order valence-electron chi connectivity index (χ2n) is 5.29. The Labute approximate surface area is 146 Å². The lowest BCUT2D eigenvalue weighted by Gasteiger charge is -2.13. The highest BCUT2D eigenvalue weighted by molar-refractivity contribution is 6.30. The lowest BCUT2D eigenvalue weighted by Crippen LogP contribution is -2.06. The van der Waals surface area contributed by atoms with Gasteiger partial charge in [-0.1, -0.05) is 23.7 Å². The largest absolute Gasteiger partial charge is 0.493 e. The summed E-state index contributed by atoms with van der Waals surface area (Å²) in [5.41, 5.74) is 0.797. The first kappa shape index (κ1) is 17.9. The fourth-order valence-corrected chi connectivity index (χ4v) is 2.16. The van der Waals surface area contributed by atoms with E-state index < -0.39 is 5.97 Å². The molecule has 0 N–H and O–H groups in total. The van der Waals surface area contributed by atoms with Crippen molar-refractivity contribution in [1.82, 2.24) is 0 Å². The third kappa shape index (κ3) is 5.32. The van der Waals surface area contributed by atoms with E-state index in [4.69, 9.17) is 25.8 Å². The lowest BCUT2D eigenvalue weighted by atomic mass is 10.2. The minimum atomic E-state index is -0.487. The smallest absolute Gasteiger partial charge is 0.336 e. The molecule has 2 aromatic carbocycles. The van der Waals surface area contributed by atoms with Crippen molar-refractivity contribution in [1.29, 1.82) is 0 Å². The summed E-state index contributed by atoms with van der Waals surface area (Å²) in [5, 5.41) is 0.509. The molecule has 5 heteroatoms. The standard InChI is InChI=1S/C19H19ClO4/c1-13(2)23-17-9-7-14(11-18(17)22-3)8-10-19(21)24-16-6-4-5-15(20)12-16/h4-13H,1-3H3/b10-8+. The van der Waals surface area contributed by atoms with Gasteiger partial charge in [0, 0.05) is 11.1 Å². The van der Waals surface area contributed by atoms with Crippen LogP contribution in [-0.2, 0) is 4.79 Å². The van der Waals surface area contributed by atoms with E-state index in [1.54, 1.807) is 49.6 Å². The van der Waals surface area contributed by atoms with E-state index in [9.17, 15) is 4.79 Å². The van der Waals surface area contributed by atoms with Crippen molar-refractivity contribution >= 4 is 23.6 Å². The fraction of sp³-hybridized carbons (Fsp3) is 0.211. The molecule has 126 valence electrons. The van der Waals surface area contributed by atoms with Gasteiger partial charge in [-0.3, -0.25) is 0 Å². The molecule has 0 atom stereocenters. The first-order valence-corrected chi connectivity index (χ1v) is 7.86. The molecule has 0 saturated heterocycles. The third-order valence-electron chi connectivity index (χ3n) is 2.98. The maximum atomic E-state index is 11.9. The maximum absolute atomic E-state index is 11.9. The summed E-state index contributed by atoms with van der Waals surface area (Å²) in [7, 11) is 1.57. The fourth-order valence-electron chi connectivity index (χ4n) is 1.98. The van der Waals surface area contributed by atoms with Crippen LogP contribution in [0.25, 0.3) is 6.08 Å². The molecule has 0 radical (unpaired) electrons. The summed E-state index contributed by atoms with van der Waals surface area (Å²) in [5.74, 6) is 1.18. The molecule has 0 saturated carbocycles. The second-order valence-corrected chi connectivity index (χ2v) is 5.73. The van der Waals surface area contributed by atoms with E-state index in [0.717, 1.165) is 5.56 Å². The molecule has 0 aromatic heterocycles. The van der Waals surface area contributed by atoms with Crippen LogP contribution in [0, 0.1) is 0 Å². The molecule has 2 aromatic rings. The molecule has 4 nitrogen and oxygen atoms in total. The van der Waals surface area contributed by atoms with Gasteiger partial charge >= 0.3 is 5.97 Å². The average molecular weight is 347 g/mol. The summed E-state index contributed by atoms with van der Waals surface area (Å²) in [6.45, 7) is 3.89. The van der Waals surface area contributed by atoms with Gasteiger partial charge in [0.1, 0.15) is 5.75 Å². The SMILES string of the molecule is COc1cc(/C=C/C(=O)Oc2cccc(Cl)c2)ccc1OC(C)C. The summed E-state index contributed by atoms with van der Waals surface area (Å²) < 4.78 is 16.2. The van der Waals surface area contributed by atoms with Gasteiger partial charge in [0.05, 0.1) is 13.2 Å². The second kappa shape index (κ2) is 8.41. The molecule has 24 heavy (non-hydrogen) atoms. The summed E-state index contributed by atoms with van der Waals surface area (Å²) >= 11 is 5.85. The first-order chi connectivity index (χ1) is 11.5. The zero-order valence-electron chi connectivity index (χ0n) is 13.8. The zero-order valence-corrected chi connectivity index (χ0v) is 14.5. The Morgan fingerprint density at radius 1 is 1.12 bits per heavy atom. The number of ether oxygens (including phenoxy) is 3. The molecule has 0 bridgehead atoms. The average Bonchev–Trinajstić information content (AvgIpc) is 2.53. The number of rotatable bonds is 6. The topological polar surface area (TPSA) is 44.8 Å². The van der Waals surface area contributed by atoms with Crippen molar-refractivity contribution < 1.29 is 19.0 Å². The number of carbonyl (C=O) groups excluding carboxylic acids is 1. The molecule has 2 rings (SSSR count). The summed E-state index contributed by atoms with van der Waals surface area (Å²) in [6, 6.07) is 12.1. The molecule has 0 unspecified atom stereocenters. The maximum Gasteiger partial charge on any atom is 0.336 e. The van der Waals surface area contributed by atoms with Gasteiger partial charge in [0.25, 0.3) is 0 Å². The van der Waals surface area contributed by atoms with Crippen molar-refractivity contribution in [3.63, 3.8) is 0 Å². The normalized spacial score (nSPS) is 10.9. The number of carbonyl (C=O) groups is 1. The van der Waals surface area contributed by atoms with Crippen molar-refractivity contribution in [2.24, 2.45) is 0 Å². The Balaban J connectivity index is 2.06.